The van der Waals surface area contributed by atoms with Crippen molar-refractivity contribution >= 4 is 44.5 Å². The van der Waals surface area contributed by atoms with Crippen LogP contribution in [0, 0.1) is 0 Å². The molecule has 238 valence electrons. The Morgan fingerprint density at radius 3 is 1.67 bits per heavy atom. The van der Waals surface area contributed by atoms with E-state index in [9.17, 15) is 26.3 Å². The standard InChI is InChI=1S/C42H28F6/c1-2-27-8-3-4-9-28(27)17-14-26-15-18-30(19-16-26)39-35-22-20-31(41(43,44)45)24-37(35)40(34-13-7-11-29-10-5-6-12-33(29)34)38-25-32(42(46,47)48)21-23-36(38)39/h2-13,15-25H,14H2,1H3/b27-2-,28-17-. The molecule has 0 spiro atoms. The van der Waals surface area contributed by atoms with Gasteiger partial charge in [0.2, 0.25) is 0 Å². The summed E-state index contributed by atoms with van der Waals surface area (Å²) in [6.07, 6.45) is -4.48. The van der Waals surface area contributed by atoms with Gasteiger partial charge in [-0.25, -0.2) is 0 Å². The second-order valence-corrected chi connectivity index (χ2v) is 11.8. The molecule has 0 heterocycles. The van der Waals surface area contributed by atoms with Gasteiger partial charge in [0, 0.05) is 0 Å². The average molecular weight is 647 g/mol. The van der Waals surface area contributed by atoms with Crippen LogP contribution in [0.3, 0.4) is 0 Å². The van der Waals surface area contributed by atoms with Gasteiger partial charge < -0.3 is 0 Å². The summed E-state index contributed by atoms with van der Waals surface area (Å²) in [6.45, 7) is 1.98. The van der Waals surface area contributed by atoms with Gasteiger partial charge in [-0.2, -0.15) is 26.3 Å². The van der Waals surface area contributed by atoms with E-state index in [1.54, 1.807) is 12.1 Å². The van der Waals surface area contributed by atoms with Crippen LogP contribution in [0.2, 0.25) is 0 Å². The van der Waals surface area contributed by atoms with E-state index in [0.29, 0.717) is 39.4 Å². The topological polar surface area (TPSA) is 0 Å². The van der Waals surface area contributed by atoms with E-state index in [1.165, 1.54) is 12.1 Å². The van der Waals surface area contributed by atoms with Crippen molar-refractivity contribution in [3.05, 3.63) is 155 Å². The second kappa shape index (κ2) is 12.0. The lowest BCUT2D eigenvalue weighted by atomic mass is 9.83. The van der Waals surface area contributed by atoms with Crippen molar-refractivity contribution in [2.24, 2.45) is 0 Å². The van der Waals surface area contributed by atoms with Crippen molar-refractivity contribution in [2.45, 2.75) is 25.7 Å². The van der Waals surface area contributed by atoms with Crippen molar-refractivity contribution in [3.63, 3.8) is 0 Å². The molecule has 0 radical (unpaired) electrons. The number of halogens is 6. The molecule has 0 saturated carbocycles. The largest absolute Gasteiger partial charge is 0.416 e. The maximum atomic E-state index is 14.2. The van der Waals surface area contributed by atoms with E-state index in [1.807, 2.05) is 91.9 Å². The van der Waals surface area contributed by atoms with Crippen molar-refractivity contribution in [2.75, 3.05) is 0 Å². The summed E-state index contributed by atoms with van der Waals surface area (Å²) in [5.41, 5.74) is 1.44. The smallest absolute Gasteiger partial charge is 0.166 e. The minimum Gasteiger partial charge on any atom is -0.166 e. The van der Waals surface area contributed by atoms with Crippen LogP contribution in [0.4, 0.5) is 26.3 Å². The molecule has 7 aromatic rings. The first-order valence-corrected chi connectivity index (χ1v) is 15.5. The second-order valence-electron chi connectivity index (χ2n) is 11.8. The molecule has 6 heteroatoms. The summed E-state index contributed by atoms with van der Waals surface area (Å²) in [6, 6.07) is 35.6. The van der Waals surface area contributed by atoms with Gasteiger partial charge >= 0.3 is 12.4 Å². The molecule has 0 amide bonds. The monoisotopic (exact) mass is 646 g/mol. The van der Waals surface area contributed by atoms with E-state index in [2.05, 4.69) is 6.08 Å². The van der Waals surface area contributed by atoms with Crippen LogP contribution in [0.25, 0.3) is 66.7 Å². The van der Waals surface area contributed by atoms with E-state index >= 15 is 0 Å². The summed E-state index contributed by atoms with van der Waals surface area (Å²) < 4.78 is 85.2. The summed E-state index contributed by atoms with van der Waals surface area (Å²) in [5, 5.41) is 5.27. The molecular formula is C42H28F6. The van der Waals surface area contributed by atoms with Crippen molar-refractivity contribution in [3.8, 4) is 22.3 Å². The lowest BCUT2D eigenvalue weighted by molar-refractivity contribution is -0.138. The normalized spacial score (nSPS) is 13.2. The maximum absolute atomic E-state index is 14.2. The molecule has 0 aromatic heterocycles. The Labute approximate surface area is 272 Å². The highest BCUT2D eigenvalue weighted by Crippen LogP contribution is 2.48. The van der Waals surface area contributed by atoms with Gasteiger partial charge in [0.1, 0.15) is 0 Å². The average Bonchev–Trinajstić information content (AvgIpc) is 3.08. The summed E-state index contributed by atoms with van der Waals surface area (Å²) in [7, 11) is 0. The summed E-state index contributed by atoms with van der Waals surface area (Å²) in [4.78, 5) is 0. The molecule has 0 N–H and O–H groups in total. The Hall–Kier alpha value is -5.36. The Balaban J connectivity index is 1.53. The minimum absolute atomic E-state index is 0.229. The third-order valence-corrected chi connectivity index (χ3v) is 8.94. The van der Waals surface area contributed by atoms with Crippen molar-refractivity contribution in [1.29, 1.82) is 0 Å². The number of hydrogen-bond donors (Lipinski definition) is 0. The molecule has 0 aliphatic heterocycles. The summed E-state index contributed by atoms with van der Waals surface area (Å²) >= 11 is 0. The molecule has 0 fully saturated rings. The number of benzene rings is 7. The molecule has 0 aliphatic rings. The number of rotatable bonds is 4. The van der Waals surface area contributed by atoms with Gasteiger partial charge in [-0.3, -0.25) is 0 Å². The third kappa shape index (κ3) is 5.72. The van der Waals surface area contributed by atoms with Crippen LogP contribution in [0.1, 0.15) is 23.6 Å². The highest BCUT2D eigenvalue weighted by atomic mass is 19.4. The van der Waals surface area contributed by atoms with Gasteiger partial charge in [0.25, 0.3) is 0 Å². The van der Waals surface area contributed by atoms with Crippen molar-refractivity contribution < 1.29 is 26.3 Å². The zero-order chi connectivity index (χ0) is 33.6. The SMILES string of the molecule is C/C=c1/cccc/c1=C/Cc1ccc(-c2c3ccc(C(F)(F)F)cc3c(-c3cccc4ccccc34)c3cc(C(F)(F)F)ccc23)cc1. The fourth-order valence-corrected chi connectivity index (χ4v) is 6.62. The quantitative estimate of drug-likeness (QED) is 0.132. The molecule has 7 aromatic carbocycles. The van der Waals surface area contributed by atoms with E-state index < -0.39 is 23.5 Å². The molecule has 0 saturated heterocycles. The molecule has 0 aliphatic carbocycles. The Morgan fingerprint density at radius 2 is 1.06 bits per heavy atom. The predicted molar refractivity (Wildman–Crippen MR) is 184 cm³/mol. The Kier molecular flexibility index (Phi) is 7.83. The van der Waals surface area contributed by atoms with Crippen LogP contribution in [0.5, 0.6) is 0 Å². The third-order valence-electron chi connectivity index (χ3n) is 8.94. The van der Waals surface area contributed by atoms with Crippen LogP contribution in [0.15, 0.2) is 127 Å². The van der Waals surface area contributed by atoms with Gasteiger partial charge in [0.15, 0.2) is 0 Å². The molecule has 7 rings (SSSR count). The fraction of sp³-hybridized carbons (Fsp3) is 0.0952. The van der Waals surface area contributed by atoms with Crippen LogP contribution in [-0.4, -0.2) is 0 Å². The Morgan fingerprint density at radius 1 is 0.500 bits per heavy atom. The zero-order valence-electron chi connectivity index (χ0n) is 25.8. The first kappa shape index (κ1) is 31.3. The van der Waals surface area contributed by atoms with Crippen LogP contribution < -0.4 is 10.4 Å². The highest BCUT2D eigenvalue weighted by molar-refractivity contribution is 6.23. The molecular weight excluding hydrogens is 618 g/mol. The number of hydrogen-bond acceptors (Lipinski definition) is 0. The van der Waals surface area contributed by atoms with E-state index in [4.69, 9.17) is 0 Å². The summed E-state index contributed by atoms with van der Waals surface area (Å²) in [5.74, 6) is 0. The first-order chi connectivity index (χ1) is 23.0. The van der Waals surface area contributed by atoms with Gasteiger partial charge in [0.05, 0.1) is 11.1 Å². The van der Waals surface area contributed by atoms with Crippen molar-refractivity contribution in [1.82, 2.24) is 0 Å². The van der Waals surface area contributed by atoms with Gasteiger partial charge in [-0.15, -0.1) is 0 Å². The van der Waals surface area contributed by atoms with Crippen LogP contribution in [-0.2, 0) is 18.8 Å². The minimum atomic E-state index is -4.65. The molecule has 48 heavy (non-hydrogen) atoms. The first-order valence-electron chi connectivity index (χ1n) is 15.5. The Bertz CT molecular complexity index is 2370. The number of fused-ring (bicyclic) bond motifs is 3. The van der Waals surface area contributed by atoms with E-state index in [0.717, 1.165) is 51.0 Å². The molecule has 0 nitrogen and oxygen atoms in total. The lowest BCUT2D eigenvalue weighted by Crippen LogP contribution is -2.23. The molecule has 0 atom stereocenters. The van der Waals surface area contributed by atoms with Gasteiger partial charge in [-0.05, 0) is 108 Å². The predicted octanol–water partition coefficient (Wildman–Crippen LogP) is 11.3. The van der Waals surface area contributed by atoms with Gasteiger partial charge in [-0.1, -0.05) is 115 Å². The fourth-order valence-electron chi connectivity index (χ4n) is 6.62. The zero-order valence-corrected chi connectivity index (χ0v) is 25.8. The van der Waals surface area contributed by atoms with Crippen LogP contribution >= 0.6 is 0 Å². The highest BCUT2D eigenvalue weighted by Gasteiger charge is 2.33. The molecule has 0 bridgehead atoms. The maximum Gasteiger partial charge on any atom is 0.416 e. The molecule has 0 unspecified atom stereocenters. The number of alkyl halides is 6. The van der Waals surface area contributed by atoms with E-state index in [-0.39, 0.29) is 10.8 Å². The lowest BCUT2D eigenvalue weighted by Gasteiger charge is -2.21.